The molecule has 0 spiro atoms. The van der Waals surface area contributed by atoms with Crippen molar-refractivity contribution in [2.45, 2.75) is 52.0 Å². The number of hydrogen-bond donors (Lipinski definition) is 2. The summed E-state index contributed by atoms with van der Waals surface area (Å²) >= 11 is 0. The molecule has 2 aromatic rings. The van der Waals surface area contributed by atoms with Gasteiger partial charge in [0, 0.05) is 44.1 Å². The Balaban J connectivity index is 1.35. The van der Waals surface area contributed by atoms with Crippen LogP contribution in [-0.4, -0.2) is 43.7 Å². The van der Waals surface area contributed by atoms with E-state index < -0.39 is 0 Å². The van der Waals surface area contributed by atoms with Gasteiger partial charge in [0.15, 0.2) is 5.96 Å². The van der Waals surface area contributed by atoms with E-state index in [1.165, 1.54) is 11.1 Å². The van der Waals surface area contributed by atoms with Crippen molar-refractivity contribution in [1.29, 1.82) is 0 Å². The number of hydrogen-bond acceptors (Lipinski definition) is 4. The highest BCUT2D eigenvalue weighted by Crippen LogP contribution is 2.52. The second-order valence-corrected chi connectivity index (χ2v) is 9.13. The minimum absolute atomic E-state index is 0.130. The average Bonchev–Trinajstić information content (AvgIpc) is 3.40. The summed E-state index contributed by atoms with van der Waals surface area (Å²) < 4.78 is 11.4. The molecule has 162 valence electrons. The summed E-state index contributed by atoms with van der Waals surface area (Å²) in [6.07, 6.45) is 3.23. The van der Waals surface area contributed by atoms with Gasteiger partial charge < -0.3 is 19.8 Å². The number of furan rings is 1. The van der Waals surface area contributed by atoms with E-state index >= 15 is 0 Å². The monoisotopic (exact) mass is 410 g/mol. The molecule has 0 radical (unpaired) electrons. The van der Waals surface area contributed by atoms with E-state index in [-0.39, 0.29) is 5.41 Å². The molecule has 2 fully saturated rings. The topological polar surface area (TPSA) is 62.0 Å². The quantitative estimate of drug-likeness (QED) is 0.541. The van der Waals surface area contributed by atoms with Crippen molar-refractivity contribution in [3.05, 3.63) is 59.5 Å². The molecule has 1 aliphatic carbocycles. The van der Waals surface area contributed by atoms with Crippen LogP contribution in [0.2, 0.25) is 0 Å². The number of rotatable bonds is 7. The van der Waals surface area contributed by atoms with E-state index in [0.717, 1.165) is 44.4 Å². The Bertz CT molecular complexity index is 862. The highest BCUT2D eigenvalue weighted by Gasteiger charge is 2.59. The van der Waals surface area contributed by atoms with E-state index in [0.29, 0.717) is 18.1 Å². The highest BCUT2D eigenvalue weighted by molar-refractivity contribution is 5.80. The maximum absolute atomic E-state index is 5.92. The lowest BCUT2D eigenvalue weighted by atomic mass is 9.57. The fourth-order valence-electron chi connectivity index (χ4n) is 5.04. The third-order valence-corrected chi connectivity index (χ3v) is 6.63. The SMILES string of the molecule is CN=C(NCc1ccccc1CN(C)Cc1ccco1)NC1C2CCOC2C1(C)C. The minimum atomic E-state index is 0.130. The molecule has 2 heterocycles. The summed E-state index contributed by atoms with van der Waals surface area (Å²) in [4.78, 5) is 6.74. The van der Waals surface area contributed by atoms with Crippen molar-refractivity contribution in [3.8, 4) is 0 Å². The van der Waals surface area contributed by atoms with Crippen LogP contribution in [0.25, 0.3) is 0 Å². The molecule has 30 heavy (non-hydrogen) atoms. The van der Waals surface area contributed by atoms with Crippen molar-refractivity contribution in [2.75, 3.05) is 20.7 Å². The fraction of sp³-hybridized carbons (Fsp3) is 0.542. The number of guanidine groups is 1. The summed E-state index contributed by atoms with van der Waals surface area (Å²) in [5, 5.41) is 7.18. The fourth-order valence-corrected chi connectivity index (χ4v) is 5.04. The molecule has 6 nitrogen and oxygen atoms in total. The maximum Gasteiger partial charge on any atom is 0.191 e. The first-order valence-electron chi connectivity index (χ1n) is 10.9. The van der Waals surface area contributed by atoms with Crippen LogP contribution in [0, 0.1) is 11.3 Å². The van der Waals surface area contributed by atoms with Crippen LogP contribution < -0.4 is 10.6 Å². The first kappa shape index (κ1) is 20.9. The Kier molecular flexibility index (Phi) is 6.16. The predicted octanol–water partition coefficient (Wildman–Crippen LogP) is 3.39. The number of ether oxygens (including phenoxy) is 1. The van der Waals surface area contributed by atoms with Gasteiger partial charge in [0.1, 0.15) is 5.76 Å². The maximum atomic E-state index is 5.92. The van der Waals surface area contributed by atoms with Gasteiger partial charge >= 0.3 is 0 Å². The molecule has 3 unspecified atom stereocenters. The number of aliphatic imine (C=N–C) groups is 1. The smallest absolute Gasteiger partial charge is 0.191 e. The molecule has 0 amide bonds. The highest BCUT2D eigenvalue weighted by atomic mass is 16.5. The molecule has 2 N–H and O–H groups in total. The van der Waals surface area contributed by atoms with Gasteiger partial charge in [-0.25, -0.2) is 0 Å². The third kappa shape index (κ3) is 4.25. The zero-order valence-corrected chi connectivity index (χ0v) is 18.5. The standard InChI is InChI=1S/C24H34N4O2/c1-24(2)21(20-11-13-30-22(20)24)27-23(25-3)26-14-17-8-5-6-9-18(17)15-28(4)16-19-10-7-12-29-19/h5-10,12,20-22H,11,13-16H2,1-4H3,(H2,25,26,27). The summed E-state index contributed by atoms with van der Waals surface area (Å²) in [6, 6.07) is 12.9. The first-order chi connectivity index (χ1) is 14.5. The van der Waals surface area contributed by atoms with Crippen molar-refractivity contribution in [2.24, 2.45) is 16.3 Å². The van der Waals surface area contributed by atoms with Crippen LogP contribution in [0.15, 0.2) is 52.1 Å². The van der Waals surface area contributed by atoms with E-state index in [4.69, 9.17) is 9.15 Å². The number of fused-ring (bicyclic) bond motifs is 1. The number of nitrogens with zero attached hydrogens (tertiary/aromatic N) is 2. The molecule has 1 saturated heterocycles. The minimum Gasteiger partial charge on any atom is -0.468 e. The van der Waals surface area contributed by atoms with Crippen LogP contribution >= 0.6 is 0 Å². The summed E-state index contributed by atoms with van der Waals surface area (Å²) in [7, 11) is 3.96. The van der Waals surface area contributed by atoms with Gasteiger partial charge in [0.05, 0.1) is 18.9 Å². The molecule has 0 bridgehead atoms. The number of nitrogens with one attached hydrogen (secondary N) is 2. The molecule has 3 atom stereocenters. The molecule has 1 aliphatic heterocycles. The normalized spacial score (nSPS) is 25.1. The van der Waals surface area contributed by atoms with Gasteiger partial charge in [-0.05, 0) is 36.7 Å². The number of benzene rings is 1. The van der Waals surface area contributed by atoms with Gasteiger partial charge in [-0.15, -0.1) is 0 Å². The summed E-state index contributed by atoms with van der Waals surface area (Å²) in [5.41, 5.74) is 2.72. The van der Waals surface area contributed by atoms with Gasteiger partial charge in [-0.3, -0.25) is 9.89 Å². The zero-order chi connectivity index (χ0) is 21.1. The second-order valence-electron chi connectivity index (χ2n) is 9.13. The van der Waals surface area contributed by atoms with Gasteiger partial charge in [-0.2, -0.15) is 0 Å². The molecule has 1 saturated carbocycles. The molecular weight excluding hydrogens is 376 g/mol. The molecule has 1 aromatic carbocycles. The largest absolute Gasteiger partial charge is 0.468 e. The van der Waals surface area contributed by atoms with Crippen LogP contribution in [0.3, 0.4) is 0 Å². The van der Waals surface area contributed by atoms with Gasteiger partial charge in [-0.1, -0.05) is 38.1 Å². The van der Waals surface area contributed by atoms with Crippen LogP contribution in [0.4, 0.5) is 0 Å². The van der Waals surface area contributed by atoms with Crippen LogP contribution in [-0.2, 0) is 24.4 Å². The van der Waals surface area contributed by atoms with Crippen molar-refractivity contribution in [1.82, 2.24) is 15.5 Å². The van der Waals surface area contributed by atoms with Crippen LogP contribution in [0.1, 0.15) is 37.2 Å². The Morgan fingerprint density at radius 3 is 2.70 bits per heavy atom. The Morgan fingerprint density at radius 1 is 1.17 bits per heavy atom. The third-order valence-electron chi connectivity index (χ3n) is 6.63. The predicted molar refractivity (Wildman–Crippen MR) is 119 cm³/mol. The lowest BCUT2D eigenvalue weighted by Gasteiger charge is -2.54. The summed E-state index contributed by atoms with van der Waals surface area (Å²) in [5.74, 6) is 2.42. The molecule has 6 heteroatoms. The van der Waals surface area contributed by atoms with E-state index in [1.807, 2.05) is 19.2 Å². The van der Waals surface area contributed by atoms with Crippen LogP contribution in [0.5, 0.6) is 0 Å². The van der Waals surface area contributed by atoms with Crippen molar-refractivity contribution >= 4 is 5.96 Å². The zero-order valence-electron chi connectivity index (χ0n) is 18.5. The molecule has 4 rings (SSSR count). The van der Waals surface area contributed by atoms with Crippen molar-refractivity contribution in [3.63, 3.8) is 0 Å². The van der Waals surface area contributed by atoms with Crippen molar-refractivity contribution < 1.29 is 9.15 Å². The lowest BCUT2D eigenvalue weighted by molar-refractivity contribution is -0.106. The Hall–Kier alpha value is -2.31. The summed E-state index contributed by atoms with van der Waals surface area (Å²) in [6.45, 7) is 7.84. The Morgan fingerprint density at radius 2 is 1.97 bits per heavy atom. The molecular formula is C24H34N4O2. The Labute approximate surface area is 179 Å². The van der Waals surface area contributed by atoms with E-state index in [2.05, 4.69) is 65.7 Å². The average molecular weight is 411 g/mol. The first-order valence-corrected chi connectivity index (χ1v) is 10.9. The molecule has 2 aliphatic rings. The van der Waals surface area contributed by atoms with E-state index in [9.17, 15) is 0 Å². The molecule has 1 aromatic heterocycles. The van der Waals surface area contributed by atoms with E-state index in [1.54, 1.807) is 6.26 Å². The van der Waals surface area contributed by atoms with Gasteiger partial charge in [0.2, 0.25) is 0 Å². The lowest BCUT2D eigenvalue weighted by Crippen LogP contribution is -2.67. The van der Waals surface area contributed by atoms with Gasteiger partial charge in [0.25, 0.3) is 0 Å². The second kappa shape index (κ2) is 8.82.